The summed E-state index contributed by atoms with van der Waals surface area (Å²) in [6.45, 7) is 0. The highest BCUT2D eigenvalue weighted by Gasteiger charge is 2.08. The van der Waals surface area contributed by atoms with Crippen LogP contribution >= 0.6 is 11.8 Å². The number of thioether (sulfide) groups is 1. The van der Waals surface area contributed by atoms with Crippen LogP contribution in [-0.4, -0.2) is 17.0 Å². The minimum absolute atomic E-state index is 0.0349. The van der Waals surface area contributed by atoms with Gasteiger partial charge in [-0.2, -0.15) is 0 Å². The molecule has 1 heterocycles. The molecule has 0 aliphatic heterocycles. The highest BCUT2D eigenvalue weighted by molar-refractivity contribution is 7.98. The fourth-order valence-electron chi connectivity index (χ4n) is 1.37. The minimum atomic E-state index is 0.0349. The summed E-state index contributed by atoms with van der Waals surface area (Å²) in [6.07, 6.45) is 3.77. The summed E-state index contributed by atoms with van der Waals surface area (Å²) in [5.41, 5.74) is 1.35. The van der Waals surface area contributed by atoms with E-state index in [0.29, 0.717) is 5.69 Å². The van der Waals surface area contributed by atoms with E-state index in [1.807, 2.05) is 36.6 Å². The number of carbonyl (C=O) groups excluding carboxylic acids is 1. The van der Waals surface area contributed by atoms with E-state index in [-0.39, 0.29) is 5.78 Å². The molecule has 0 aliphatic rings. The number of ketones is 1. The van der Waals surface area contributed by atoms with Crippen LogP contribution in [-0.2, 0) is 0 Å². The molecular formula is C12H11NOS. The third-order valence-corrected chi connectivity index (χ3v) is 2.94. The molecule has 0 saturated carbocycles. The first-order valence-electron chi connectivity index (χ1n) is 4.63. The maximum Gasteiger partial charge on any atom is 0.209 e. The predicted octanol–water partition coefficient (Wildman–Crippen LogP) is 2.97. The molecule has 0 amide bonds. The molecule has 0 saturated heterocycles. The largest absolute Gasteiger partial charge is 0.359 e. The minimum Gasteiger partial charge on any atom is -0.359 e. The zero-order chi connectivity index (χ0) is 10.7. The SMILES string of the molecule is CSc1ccc(C(=O)c2ccc[nH]2)cc1. The summed E-state index contributed by atoms with van der Waals surface area (Å²) >= 11 is 1.67. The Morgan fingerprint density at radius 2 is 1.93 bits per heavy atom. The number of hydrogen-bond donors (Lipinski definition) is 1. The highest BCUT2D eigenvalue weighted by Crippen LogP contribution is 2.16. The second-order valence-electron chi connectivity index (χ2n) is 3.14. The molecule has 2 nitrogen and oxygen atoms in total. The van der Waals surface area contributed by atoms with Crippen LogP contribution in [0.5, 0.6) is 0 Å². The van der Waals surface area contributed by atoms with E-state index in [2.05, 4.69) is 4.98 Å². The van der Waals surface area contributed by atoms with Crippen LogP contribution in [0.4, 0.5) is 0 Å². The molecule has 0 atom stereocenters. The van der Waals surface area contributed by atoms with Crippen molar-refractivity contribution in [3.8, 4) is 0 Å². The summed E-state index contributed by atoms with van der Waals surface area (Å²) in [6, 6.07) is 11.2. The molecule has 2 aromatic rings. The van der Waals surface area contributed by atoms with Gasteiger partial charge >= 0.3 is 0 Å². The predicted molar refractivity (Wildman–Crippen MR) is 62.4 cm³/mol. The number of H-pyrrole nitrogens is 1. The van der Waals surface area contributed by atoms with Crippen LogP contribution in [0, 0.1) is 0 Å². The average Bonchev–Trinajstić information content (AvgIpc) is 2.82. The van der Waals surface area contributed by atoms with Crippen molar-refractivity contribution in [1.82, 2.24) is 4.98 Å². The van der Waals surface area contributed by atoms with Gasteiger partial charge in [-0.15, -0.1) is 11.8 Å². The zero-order valence-electron chi connectivity index (χ0n) is 8.36. The third kappa shape index (κ3) is 2.13. The van der Waals surface area contributed by atoms with Gasteiger partial charge in [-0.05, 0) is 42.7 Å². The molecule has 0 unspecified atom stereocenters. The van der Waals surface area contributed by atoms with Gasteiger partial charge in [-0.1, -0.05) is 0 Å². The van der Waals surface area contributed by atoms with Gasteiger partial charge in [0.1, 0.15) is 0 Å². The molecule has 0 aliphatic carbocycles. The highest BCUT2D eigenvalue weighted by atomic mass is 32.2. The number of hydrogen-bond acceptors (Lipinski definition) is 2. The van der Waals surface area contributed by atoms with Crippen LogP contribution in [0.2, 0.25) is 0 Å². The first-order valence-corrected chi connectivity index (χ1v) is 5.86. The molecule has 1 aromatic heterocycles. The fourth-order valence-corrected chi connectivity index (χ4v) is 1.78. The molecule has 0 radical (unpaired) electrons. The number of nitrogens with one attached hydrogen (secondary N) is 1. The van der Waals surface area contributed by atoms with E-state index < -0.39 is 0 Å². The zero-order valence-corrected chi connectivity index (χ0v) is 9.17. The van der Waals surface area contributed by atoms with Gasteiger partial charge in [0.25, 0.3) is 0 Å². The van der Waals surface area contributed by atoms with Crippen molar-refractivity contribution in [2.45, 2.75) is 4.90 Å². The lowest BCUT2D eigenvalue weighted by Gasteiger charge is -2.00. The summed E-state index contributed by atoms with van der Waals surface area (Å²) < 4.78 is 0. The maximum absolute atomic E-state index is 11.9. The summed E-state index contributed by atoms with van der Waals surface area (Å²) in [5.74, 6) is 0.0349. The van der Waals surface area contributed by atoms with Crippen LogP contribution in [0.15, 0.2) is 47.5 Å². The van der Waals surface area contributed by atoms with Crippen LogP contribution < -0.4 is 0 Å². The molecule has 3 heteroatoms. The molecule has 1 aromatic carbocycles. The number of aromatic amines is 1. The molecule has 0 fully saturated rings. The molecule has 2 rings (SSSR count). The second-order valence-corrected chi connectivity index (χ2v) is 4.02. The van der Waals surface area contributed by atoms with Crippen molar-refractivity contribution >= 4 is 17.5 Å². The number of benzene rings is 1. The Morgan fingerprint density at radius 3 is 2.47 bits per heavy atom. The van der Waals surface area contributed by atoms with Gasteiger partial charge in [0.2, 0.25) is 5.78 Å². The number of carbonyl (C=O) groups is 1. The van der Waals surface area contributed by atoms with E-state index in [9.17, 15) is 4.79 Å². The van der Waals surface area contributed by atoms with E-state index in [4.69, 9.17) is 0 Å². The summed E-state index contributed by atoms with van der Waals surface area (Å²) in [5, 5.41) is 0. The first-order chi connectivity index (χ1) is 7.31. The molecule has 0 spiro atoms. The maximum atomic E-state index is 11.9. The molecule has 76 valence electrons. The Hall–Kier alpha value is -1.48. The van der Waals surface area contributed by atoms with Gasteiger partial charge in [0.15, 0.2) is 0 Å². The standard InChI is InChI=1S/C12H11NOS/c1-15-10-6-4-9(5-7-10)12(14)11-3-2-8-13-11/h2-8,13H,1H3. The quantitative estimate of drug-likeness (QED) is 0.633. The van der Waals surface area contributed by atoms with Crippen molar-refractivity contribution in [2.75, 3.05) is 6.26 Å². The van der Waals surface area contributed by atoms with Crippen LogP contribution in [0.3, 0.4) is 0 Å². The molecular weight excluding hydrogens is 206 g/mol. The van der Waals surface area contributed by atoms with Gasteiger partial charge < -0.3 is 4.98 Å². The van der Waals surface area contributed by atoms with Crippen molar-refractivity contribution in [3.63, 3.8) is 0 Å². The second kappa shape index (κ2) is 4.36. The van der Waals surface area contributed by atoms with E-state index >= 15 is 0 Å². The van der Waals surface area contributed by atoms with Crippen molar-refractivity contribution < 1.29 is 4.79 Å². The third-order valence-electron chi connectivity index (χ3n) is 2.19. The lowest BCUT2D eigenvalue weighted by Crippen LogP contribution is -2.00. The van der Waals surface area contributed by atoms with E-state index in [1.165, 1.54) is 0 Å². The Bertz CT molecular complexity index is 445. The Labute approximate surface area is 92.7 Å². The topological polar surface area (TPSA) is 32.9 Å². The van der Waals surface area contributed by atoms with Gasteiger partial charge in [0.05, 0.1) is 5.69 Å². The van der Waals surface area contributed by atoms with Gasteiger partial charge in [-0.25, -0.2) is 0 Å². The summed E-state index contributed by atoms with van der Waals surface area (Å²) in [7, 11) is 0. The smallest absolute Gasteiger partial charge is 0.209 e. The van der Waals surface area contributed by atoms with E-state index in [1.54, 1.807) is 24.0 Å². The van der Waals surface area contributed by atoms with Crippen LogP contribution in [0.25, 0.3) is 0 Å². The van der Waals surface area contributed by atoms with Gasteiger partial charge in [-0.3, -0.25) is 4.79 Å². The van der Waals surface area contributed by atoms with Gasteiger partial charge in [0, 0.05) is 16.7 Å². The average molecular weight is 217 g/mol. The first kappa shape index (κ1) is 10.1. The molecule has 15 heavy (non-hydrogen) atoms. The van der Waals surface area contributed by atoms with Crippen molar-refractivity contribution in [3.05, 3.63) is 53.9 Å². The Balaban J connectivity index is 2.27. The molecule has 1 N–H and O–H groups in total. The fraction of sp³-hybridized carbons (Fsp3) is 0.0833. The molecule has 0 bridgehead atoms. The monoisotopic (exact) mass is 217 g/mol. The normalized spacial score (nSPS) is 10.2. The number of aromatic nitrogens is 1. The Kier molecular flexibility index (Phi) is 2.92. The van der Waals surface area contributed by atoms with Crippen LogP contribution in [0.1, 0.15) is 16.1 Å². The number of rotatable bonds is 3. The van der Waals surface area contributed by atoms with Crippen molar-refractivity contribution in [1.29, 1.82) is 0 Å². The lowest BCUT2D eigenvalue weighted by molar-refractivity contribution is 0.103. The lowest BCUT2D eigenvalue weighted by atomic mass is 10.1. The van der Waals surface area contributed by atoms with Crippen molar-refractivity contribution in [2.24, 2.45) is 0 Å². The van der Waals surface area contributed by atoms with E-state index in [0.717, 1.165) is 10.5 Å². The summed E-state index contributed by atoms with van der Waals surface area (Å²) in [4.78, 5) is 15.9. The Morgan fingerprint density at radius 1 is 1.20 bits per heavy atom.